The lowest BCUT2D eigenvalue weighted by atomic mass is 10.2. The van der Waals surface area contributed by atoms with E-state index in [1.807, 2.05) is 0 Å². The first-order valence-electron chi connectivity index (χ1n) is 6.13. The number of benzene rings is 1. The highest BCUT2D eigenvalue weighted by Crippen LogP contribution is 2.25. The Morgan fingerprint density at radius 3 is 2.56 bits per heavy atom. The summed E-state index contributed by atoms with van der Waals surface area (Å²) in [5, 5.41) is 10.5. The predicted molar refractivity (Wildman–Crippen MR) is 70.6 cm³/mol. The maximum atomic E-state index is 12.8. The van der Waals surface area contributed by atoms with Gasteiger partial charge in [0.05, 0.1) is 0 Å². The molecule has 2 heterocycles. The van der Waals surface area contributed by atoms with Gasteiger partial charge in [-0.25, -0.2) is 4.39 Å². The molecule has 1 aliphatic rings. The van der Waals surface area contributed by atoms with Gasteiger partial charge in [-0.2, -0.15) is 0 Å². The molecule has 0 amide bonds. The fraction of sp³-hybridized carbons (Fsp3) is 0.385. The van der Waals surface area contributed by atoms with Crippen LogP contribution in [0.4, 0.5) is 9.52 Å². The summed E-state index contributed by atoms with van der Waals surface area (Å²) in [6.07, 6.45) is 3.21. The van der Waals surface area contributed by atoms with E-state index in [0.29, 0.717) is 0 Å². The Hall–Kier alpha value is -1.49. The van der Waals surface area contributed by atoms with Gasteiger partial charge >= 0.3 is 0 Å². The van der Waals surface area contributed by atoms with Crippen LogP contribution in [0.2, 0.25) is 0 Å². The van der Waals surface area contributed by atoms with E-state index < -0.39 is 0 Å². The molecule has 3 rings (SSSR count). The van der Waals surface area contributed by atoms with Crippen LogP contribution >= 0.6 is 11.3 Å². The molecule has 0 spiro atoms. The van der Waals surface area contributed by atoms with Crippen LogP contribution in [-0.2, 0) is 6.42 Å². The minimum Gasteiger partial charge on any atom is -0.347 e. The second-order valence-corrected chi connectivity index (χ2v) is 5.52. The van der Waals surface area contributed by atoms with Crippen molar-refractivity contribution in [1.29, 1.82) is 0 Å². The molecule has 1 aromatic carbocycles. The first kappa shape index (κ1) is 11.6. The first-order chi connectivity index (χ1) is 8.81. The van der Waals surface area contributed by atoms with Crippen LogP contribution in [-0.4, -0.2) is 23.3 Å². The van der Waals surface area contributed by atoms with Crippen molar-refractivity contribution in [3.63, 3.8) is 0 Å². The van der Waals surface area contributed by atoms with Crippen LogP contribution in [0.3, 0.4) is 0 Å². The minimum atomic E-state index is -0.200. The molecular formula is C13H14FN3S. The molecule has 5 heteroatoms. The third-order valence-corrected chi connectivity index (χ3v) is 4.09. The van der Waals surface area contributed by atoms with E-state index in [1.54, 1.807) is 23.5 Å². The number of rotatable bonds is 3. The summed E-state index contributed by atoms with van der Waals surface area (Å²) in [4.78, 5) is 2.28. The fourth-order valence-corrected chi connectivity index (χ4v) is 3.05. The Morgan fingerprint density at radius 2 is 1.83 bits per heavy atom. The van der Waals surface area contributed by atoms with E-state index in [2.05, 4.69) is 15.1 Å². The maximum Gasteiger partial charge on any atom is 0.208 e. The van der Waals surface area contributed by atoms with Gasteiger partial charge in [-0.1, -0.05) is 23.5 Å². The standard InChI is InChI=1S/C13H14FN3S/c14-11-5-3-10(4-6-11)9-12-15-16-13(18-12)17-7-1-2-8-17/h3-6H,1-2,7-9H2. The van der Waals surface area contributed by atoms with Crippen LogP contribution in [0.1, 0.15) is 23.4 Å². The van der Waals surface area contributed by atoms with Crippen LogP contribution < -0.4 is 4.90 Å². The smallest absolute Gasteiger partial charge is 0.208 e. The molecule has 1 saturated heterocycles. The van der Waals surface area contributed by atoms with Crippen molar-refractivity contribution < 1.29 is 4.39 Å². The molecule has 2 aromatic rings. The Labute approximate surface area is 109 Å². The van der Waals surface area contributed by atoms with E-state index in [9.17, 15) is 4.39 Å². The zero-order valence-electron chi connectivity index (χ0n) is 9.97. The van der Waals surface area contributed by atoms with Gasteiger partial charge in [-0.05, 0) is 30.5 Å². The fourth-order valence-electron chi connectivity index (χ4n) is 2.13. The summed E-state index contributed by atoms with van der Waals surface area (Å²) in [5.74, 6) is -0.200. The van der Waals surface area contributed by atoms with Crippen LogP contribution in [0.5, 0.6) is 0 Å². The van der Waals surface area contributed by atoms with Crippen molar-refractivity contribution in [3.05, 3.63) is 40.7 Å². The van der Waals surface area contributed by atoms with Crippen LogP contribution in [0.25, 0.3) is 0 Å². The SMILES string of the molecule is Fc1ccc(Cc2nnc(N3CCCC3)s2)cc1. The average molecular weight is 263 g/mol. The minimum absolute atomic E-state index is 0.200. The van der Waals surface area contributed by atoms with Crippen molar-refractivity contribution in [2.45, 2.75) is 19.3 Å². The quantitative estimate of drug-likeness (QED) is 0.852. The molecule has 0 aliphatic carbocycles. The molecule has 0 unspecified atom stereocenters. The number of hydrogen-bond donors (Lipinski definition) is 0. The Balaban J connectivity index is 1.71. The molecule has 18 heavy (non-hydrogen) atoms. The predicted octanol–water partition coefficient (Wildman–Crippen LogP) is 2.87. The number of nitrogens with zero attached hydrogens (tertiary/aromatic N) is 3. The third kappa shape index (κ3) is 2.51. The molecule has 1 aromatic heterocycles. The van der Waals surface area contributed by atoms with Gasteiger partial charge in [0.2, 0.25) is 5.13 Å². The lowest BCUT2D eigenvalue weighted by molar-refractivity contribution is 0.627. The largest absolute Gasteiger partial charge is 0.347 e. The highest BCUT2D eigenvalue weighted by molar-refractivity contribution is 7.15. The lowest BCUT2D eigenvalue weighted by Gasteiger charge is -2.10. The summed E-state index contributed by atoms with van der Waals surface area (Å²) in [6, 6.07) is 6.56. The second kappa shape index (κ2) is 5.02. The Kier molecular flexibility index (Phi) is 3.23. The van der Waals surface area contributed by atoms with E-state index in [-0.39, 0.29) is 5.82 Å². The third-order valence-electron chi connectivity index (χ3n) is 3.10. The maximum absolute atomic E-state index is 12.8. The first-order valence-corrected chi connectivity index (χ1v) is 6.95. The molecule has 0 saturated carbocycles. The summed E-state index contributed by atoms with van der Waals surface area (Å²) in [6.45, 7) is 2.18. The van der Waals surface area contributed by atoms with Crippen molar-refractivity contribution in [3.8, 4) is 0 Å². The monoisotopic (exact) mass is 263 g/mol. The molecule has 0 atom stereocenters. The van der Waals surface area contributed by atoms with Crippen molar-refractivity contribution in [2.75, 3.05) is 18.0 Å². The molecule has 94 valence electrons. The summed E-state index contributed by atoms with van der Waals surface area (Å²) >= 11 is 1.64. The number of anilines is 1. The van der Waals surface area contributed by atoms with Crippen LogP contribution in [0.15, 0.2) is 24.3 Å². The zero-order chi connectivity index (χ0) is 12.4. The van der Waals surface area contributed by atoms with E-state index >= 15 is 0 Å². The Bertz CT molecular complexity index is 517. The van der Waals surface area contributed by atoms with Crippen molar-refractivity contribution >= 4 is 16.5 Å². The summed E-state index contributed by atoms with van der Waals surface area (Å²) < 4.78 is 12.8. The van der Waals surface area contributed by atoms with Gasteiger partial charge in [0.15, 0.2) is 0 Å². The number of aromatic nitrogens is 2. The molecular weight excluding hydrogens is 249 g/mol. The summed E-state index contributed by atoms with van der Waals surface area (Å²) in [7, 11) is 0. The lowest BCUT2D eigenvalue weighted by Crippen LogP contribution is -2.17. The highest BCUT2D eigenvalue weighted by Gasteiger charge is 2.16. The van der Waals surface area contributed by atoms with Gasteiger partial charge in [0.25, 0.3) is 0 Å². The second-order valence-electron chi connectivity index (χ2n) is 4.48. The topological polar surface area (TPSA) is 29.0 Å². The van der Waals surface area contributed by atoms with Gasteiger partial charge in [0.1, 0.15) is 10.8 Å². The van der Waals surface area contributed by atoms with Crippen LogP contribution in [0, 0.1) is 5.82 Å². The summed E-state index contributed by atoms with van der Waals surface area (Å²) in [5.41, 5.74) is 1.07. The molecule has 3 nitrogen and oxygen atoms in total. The van der Waals surface area contributed by atoms with E-state index in [4.69, 9.17) is 0 Å². The van der Waals surface area contributed by atoms with Gasteiger partial charge in [-0.15, -0.1) is 10.2 Å². The Morgan fingerprint density at radius 1 is 1.11 bits per heavy atom. The zero-order valence-corrected chi connectivity index (χ0v) is 10.8. The molecule has 0 bridgehead atoms. The van der Waals surface area contributed by atoms with Gasteiger partial charge < -0.3 is 4.90 Å². The van der Waals surface area contributed by atoms with E-state index in [0.717, 1.165) is 35.2 Å². The number of halogens is 1. The number of hydrogen-bond acceptors (Lipinski definition) is 4. The molecule has 1 aliphatic heterocycles. The molecule has 0 N–H and O–H groups in total. The highest BCUT2D eigenvalue weighted by atomic mass is 32.1. The van der Waals surface area contributed by atoms with Gasteiger partial charge in [0, 0.05) is 19.5 Å². The molecule has 0 radical (unpaired) electrons. The van der Waals surface area contributed by atoms with Gasteiger partial charge in [-0.3, -0.25) is 0 Å². The normalized spacial score (nSPS) is 15.3. The van der Waals surface area contributed by atoms with Crippen molar-refractivity contribution in [1.82, 2.24) is 10.2 Å². The molecule has 1 fully saturated rings. The average Bonchev–Trinajstić information content (AvgIpc) is 3.02. The van der Waals surface area contributed by atoms with Crippen molar-refractivity contribution in [2.24, 2.45) is 0 Å². The van der Waals surface area contributed by atoms with E-state index in [1.165, 1.54) is 25.0 Å².